The number of nitrogens with zero attached hydrogens (tertiary/aromatic N) is 1. The van der Waals surface area contributed by atoms with E-state index in [2.05, 4.69) is 35.2 Å². The average molecular weight is 202 g/mol. The van der Waals surface area contributed by atoms with Crippen LogP contribution >= 0.6 is 0 Å². The van der Waals surface area contributed by atoms with Gasteiger partial charge in [0, 0.05) is 18.6 Å². The molecular weight excluding hydrogens is 184 g/mol. The van der Waals surface area contributed by atoms with Crippen LogP contribution < -0.4 is 5.73 Å². The fourth-order valence-electron chi connectivity index (χ4n) is 2.75. The summed E-state index contributed by atoms with van der Waals surface area (Å²) in [5, 5.41) is 0. The first-order valence-corrected chi connectivity index (χ1v) is 5.92. The third kappa shape index (κ3) is 1.68. The molecule has 2 aliphatic rings. The van der Waals surface area contributed by atoms with E-state index in [0.717, 1.165) is 12.5 Å². The Balaban J connectivity index is 1.88. The van der Waals surface area contributed by atoms with E-state index in [0.29, 0.717) is 12.1 Å². The van der Waals surface area contributed by atoms with Gasteiger partial charge in [0.2, 0.25) is 0 Å². The van der Waals surface area contributed by atoms with Crippen LogP contribution in [-0.4, -0.2) is 23.5 Å². The summed E-state index contributed by atoms with van der Waals surface area (Å²) in [6.45, 7) is 1.19. The van der Waals surface area contributed by atoms with E-state index >= 15 is 0 Å². The molecule has 2 atom stereocenters. The Kier molecular flexibility index (Phi) is 2.26. The molecule has 2 fully saturated rings. The fraction of sp³-hybridized carbons (Fsp3) is 0.538. The highest BCUT2D eigenvalue weighted by Crippen LogP contribution is 2.40. The van der Waals surface area contributed by atoms with Gasteiger partial charge in [0.15, 0.2) is 0 Å². The molecule has 0 radical (unpaired) electrons. The van der Waals surface area contributed by atoms with Gasteiger partial charge in [-0.3, -0.25) is 4.90 Å². The predicted octanol–water partition coefficient (Wildman–Crippen LogP) is 1.92. The van der Waals surface area contributed by atoms with Crippen LogP contribution in [0.1, 0.15) is 30.9 Å². The molecule has 1 aromatic carbocycles. The molecule has 1 heterocycles. The molecule has 2 nitrogen and oxygen atoms in total. The van der Waals surface area contributed by atoms with Crippen LogP contribution in [-0.2, 0) is 0 Å². The van der Waals surface area contributed by atoms with E-state index in [9.17, 15) is 0 Å². The van der Waals surface area contributed by atoms with Crippen molar-refractivity contribution in [1.82, 2.24) is 4.90 Å². The van der Waals surface area contributed by atoms with E-state index < -0.39 is 0 Å². The molecule has 0 aromatic heterocycles. The Morgan fingerprint density at radius 3 is 2.47 bits per heavy atom. The maximum atomic E-state index is 6.23. The van der Waals surface area contributed by atoms with Crippen molar-refractivity contribution in [3.63, 3.8) is 0 Å². The molecule has 0 spiro atoms. The van der Waals surface area contributed by atoms with Gasteiger partial charge in [-0.25, -0.2) is 0 Å². The standard InChI is InChI=1S/C13H18N2/c14-12-8-9-15(11-6-7-11)13(12)10-4-2-1-3-5-10/h1-5,11-13H,6-9,14H2/t12-,13+/m1/s1. The van der Waals surface area contributed by atoms with Gasteiger partial charge in [0.05, 0.1) is 6.04 Å². The van der Waals surface area contributed by atoms with Crippen molar-refractivity contribution in [3.8, 4) is 0 Å². The van der Waals surface area contributed by atoms with E-state index in [1.165, 1.54) is 24.9 Å². The first-order valence-electron chi connectivity index (χ1n) is 5.92. The second-order valence-electron chi connectivity index (χ2n) is 4.78. The molecule has 1 saturated heterocycles. The van der Waals surface area contributed by atoms with Gasteiger partial charge in [-0.2, -0.15) is 0 Å². The Morgan fingerprint density at radius 2 is 1.80 bits per heavy atom. The summed E-state index contributed by atoms with van der Waals surface area (Å²) in [5.74, 6) is 0. The molecule has 1 aliphatic carbocycles. The summed E-state index contributed by atoms with van der Waals surface area (Å²) in [4.78, 5) is 2.61. The van der Waals surface area contributed by atoms with E-state index in [1.807, 2.05) is 0 Å². The van der Waals surface area contributed by atoms with Crippen molar-refractivity contribution in [2.75, 3.05) is 6.54 Å². The van der Waals surface area contributed by atoms with Crippen LogP contribution in [0, 0.1) is 0 Å². The largest absolute Gasteiger partial charge is 0.326 e. The van der Waals surface area contributed by atoms with Gasteiger partial charge in [-0.1, -0.05) is 30.3 Å². The Bertz CT molecular complexity index is 332. The second-order valence-corrected chi connectivity index (χ2v) is 4.78. The minimum Gasteiger partial charge on any atom is -0.326 e. The highest BCUT2D eigenvalue weighted by molar-refractivity contribution is 5.23. The number of nitrogens with two attached hydrogens (primary N) is 1. The monoisotopic (exact) mass is 202 g/mol. The summed E-state index contributed by atoms with van der Waals surface area (Å²) < 4.78 is 0. The Hall–Kier alpha value is -0.860. The molecule has 1 saturated carbocycles. The minimum atomic E-state index is 0.327. The number of hydrogen-bond acceptors (Lipinski definition) is 2. The third-order valence-corrected chi connectivity index (χ3v) is 3.64. The van der Waals surface area contributed by atoms with Crippen molar-refractivity contribution in [2.45, 2.75) is 37.4 Å². The van der Waals surface area contributed by atoms with Crippen molar-refractivity contribution >= 4 is 0 Å². The molecule has 0 amide bonds. The molecule has 0 bridgehead atoms. The molecule has 15 heavy (non-hydrogen) atoms. The molecule has 2 heteroatoms. The van der Waals surface area contributed by atoms with Crippen molar-refractivity contribution < 1.29 is 0 Å². The molecular formula is C13H18N2. The van der Waals surface area contributed by atoms with Gasteiger partial charge in [0.1, 0.15) is 0 Å². The van der Waals surface area contributed by atoms with Crippen molar-refractivity contribution in [1.29, 1.82) is 0 Å². The zero-order chi connectivity index (χ0) is 10.3. The van der Waals surface area contributed by atoms with Gasteiger partial charge < -0.3 is 5.73 Å². The topological polar surface area (TPSA) is 29.3 Å². The summed E-state index contributed by atoms with van der Waals surface area (Å²) in [6, 6.07) is 12.4. The maximum Gasteiger partial charge on any atom is 0.0502 e. The van der Waals surface area contributed by atoms with E-state index in [4.69, 9.17) is 5.73 Å². The van der Waals surface area contributed by atoms with Gasteiger partial charge in [-0.05, 0) is 24.8 Å². The van der Waals surface area contributed by atoms with Crippen molar-refractivity contribution in [2.24, 2.45) is 5.73 Å². The number of rotatable bonds is 2. The fourth-order valence-corrected chi connectivity index (χ4v) is 2.75. The van der Waals surface area contributed by atoms with Crippen LogP contribution in [0.15, 0.2) is 30.3 Å². The van der Waals surface area contributed by atoms with Gasteiger partial charge in [0.25, 0.3) is 0 Å². The zero-order valence-electron chi connectivity index (χ0n) is 8.97. The normalized spacial score (nSPS) is 32.1. The first kappa shape index (κ1) is 9.37. The molecule has 1 aliphatic heterocycles. The predicted molar refractivity (Wildman–Crippen MR) is 61.5 cm³/mol. The lowest BCUT2D eigenvalue weighted by molar-refractivity contribution is 0.237. The molecule has 0 unspecified atom stereocenters. The van der Waals surface area contributed by atoms with E-state index in [1.54, 1.807) is 0 Å². The Labute approximate surface area is 91.1 Å². The average Bonchev–Trinajstić information content (AvgIpc) is 3.04. The number of hydrogen-bond donors (Lipinski definition) is 1. The number of likely N-dealkylation sites (tertiary alicyclic amines) is 1. The lowest BCUT2D eigenvalue weighted by Gasteiger charge is -2.26. The molecule has 2 N–H and O–H groups in total. The quantitative estimate of drug-likeness (QED) is 0.794. The van der Waals surface area contributed by atoms with Crippen molar-refractivity contribution in [3.05, 3.63) is 35.9 Å². The third-order valence-electron chi connectivity index (χ3n) is 3.64. The smallest absolute Gasteiger partial charge is 0.0502 e. The van der Waals surface area contributed by atoms with E-state index in [-0.39, 0.29) is 0 Å². The molecule has 80 valence electrons. The first-order chi connectivity index (χ1) is 7.36. The van der Waals surface area contributed by atoms with Gasteiger partial charge in [-0.15, -0.1) is 0 Å². The van der Waals surface area contributed by atoms with Crippen LogP contribution in [0.25, 0.3) is 0 Å². The minimum absolute atomic E-state index is 0.327. The Morgan fingerprint density at radius 1 is 1.07 bits per heavy atom. The van der Waals surface area contributed by atoms with Crippen LogP contribution in [0.3, 0.4) is 0 Å². The lowest BCUT2D eigenvalue weighted by atomic mass is 10.0. The van der Waals surface area contributed by atoms with Crippen LogP contribution in [0.4, 0.5) is 0 Å². The SMILES string of the molecule is N[C@@H]1CCN(C2CC2)[C@H]1c1ccccc1. The summed E-state index contributed by atoms with van der Waals surface area (Å²) >= 11 is 0. The maximum absolute atomic E-state index is 6.23. The second kappa shape index (κ2) is 3.62. The van der Waals surface area contributed by atoms with Gasteiger partial charge >= 0.3 is 0 Å². The molecule has 3 rings (SSSR count). The highest BCUT2D eigenvalue weighted by atomic mass is 15.2. The van der Waals surface area contributed by atoms with Crippen LogP contribution in [0.5, 0.6) is 0 Å². The summed E-state index contributed by atoms with van der Waals surface area (Å²) in [5.41, 5.74) is 7.62. The molecule has 1 aromatic rings. The zero-order valence-corrected chi connectivity index (χ0v) is 8.97. The van der Waals surface area contributed by atoms with Crippen LogP contribution in [0.2, 0.25) is 0 Å². The summed E-state index contributed by atoms with van der Waals surface area (Å²) in [7, 11) is 0. The summed E-state index contributed by atoms with van der Waals surface area (Å²) in [6.07, 6.45) is 3.89. The lowest BCUT2D eigenvalue weighted by Crippen LogP contribution is -2.33. The highest BCUT2D eigenvalue weighted by Gasteiger charge is 2.41. The number of benzene rings is 1.